The summed E-state index contributed by atoms with van der Waals surface area (Å²) in [7, 11) is -3.48. The van der Waals surface area contributed by atoms with E-state index in [0.29, 0.717) is 21.8 Å². The zero-order chi connectivity index (χ0) is 18.0. The van der Waals surface area contributed by atoms with Gasteiger partial charge in [0.25, 0.3) is 0 Å². The van der Waals surface area contributed by atoms with Crippen molar-refractivity contribution in [2.45, 2.75) is 6.92 Å². The summed E-state index contributed by atoms with van der Waals surface area (Å²) < 4.78 is 39.3. The number of rotatable bonds is 5. The van der Waals surface area contributed by atoms with Crippen LogP contribution in [0.1, 0.15) is 6.92 Å². The van der Waals surface area contributed by atoms with Gasteiger partial charge in [-0.15, -0.1) is 0 Å². The van der Waals surface area contributed by atoms with Gasteiger partial charge in [0.15, 0.2) is 5.13 Å². The molecule has 0 fully saturated rings. The van der Waals surface area contributed by atoms with Crippen molar-refractivity contribution >= 4 is 38.1 Å². The van der Waals surface area contributed by atoms with E-state index in [2.05, 4.69) is 19.7 Å². The Hall–Kier alpha value is -2.10. The number of benzene rings is 1. The molecule has 0 saturated carbocycles. The monoisotopic (exact) mass is 398 g/mol. The molecule has 25 heavy (non-hydrogen) atoms. The number of anilines is 1. The van der Waals surface area contributed by atoms with Crippen LogP contribution in [0.25, 0.3) is 21.8 Å². The molecule has 0 spiro atoms. The molecule has 2 aromatic heterocycles. The van der Waals surface area contributed by atoms with Gasteiger partial charge in [-0.1, -0.05) is 11.3 Å². The summed E-state index contributed by atoms with van der Waals surface area (Å²) >= 11 is 6.97. The minimum atomic E-state index is -3.48. The summed E-state index contributed by atoms with van der Waals surface area (Å²) in [5, 5.41) is 0.262. The lowest BCUT2D eigenvalue weighted by atomic mass is 10.1. The van der Waals surface area contributed by atoms with E-state index in [1.165, 1.54) is 25.3 Å². The normalized spacial score (nSPS) is 11.5. The molecule has 0 unspecified atom stereocenters. The molecule has 1 aromatic carbocycles. The Balaban J connectivity index is 2.14. The number of aromatic nitrogens is 3. The Labute approximate surface area is 152 Å². The molecule has 0 radical (unpaired) electrons. The molecule has 130 valence electrons. The Kier molecular flexibility index (Phi) is 4.98. The van der Waals surface area contributed by atoms with Crippen LogP contribution in [0.15, 0.2) is 36.5 Å². The molecule has 0 bridgehead atoms. The van der Waals surface area contributed by atoms with Crippen molar-refractivity contribution in [1.82, 2.24) is 15.0 Å². The van der Waals surface area contributed by atoms with Crippen LogP contribution < -0.4 is 4.72 Å². The van der Waals surface area contributed by atoms with Crippen LogP contribution in [-0.2, 0) is 10.0 Å². The fourth-order valence-electron chi connectivity index (χ4n) is 2.01. The molecular formula is C15H12ClFN4O2S2. The average molecular weight is 399 g/mol. The van der Waals surface area contributed by atoms with Crippen LogP contribution in [0.5, 0.6) is 0 Å². The van der Waals surface area contributed by atoms with Crippen LogP contribution in [0.4, 0.5) is 9.52 Å². The highest BCUT2D eigenvalue weighted by Crippen LogP contribution is 2.38. The second-order valence-electron chi connectivity index (χ2n) is 4.92. The highest BCUT2D eigenvalue weighted by Gasteiger charge is 2.19. The van der Waals surface area contributed by atoms with E-state index in [9.17, 15) is 12.8 Å². The van der Waals surface area contributed by atoms with Crippen LogP contribution in [-0.4, -0.2) is 29.1 Å². The molecule has 0 saturated heterocycles. The number of sulfonamides is 1. The van der Waals surface area contributed by atoms with E-state index in [1.54, 1.807) is 18.2 Å². The molecular weight excluding hydrogens is 387 g/mol. The average Bonchev–Trinajstić information content (AvgIpc) is 2.98. The zero-order valence-corrected chi connectivity index (χ0v) is 15.3. The maximum Gasteiger partial charge on any atom is 0.234 e. The molecule has 3 aromatic rings. The van der Waals surface area contributed by atoms with E-state index in [-0.39, 0.29) is 22.0 Å². The van der Waals surface area contributed by atoms with Gasteiger partial charge in [-0.05, 0) is 48.9 Å². The second-order valence-corrected chi connectivity index (χ2v) is 8.27. The number of nitrogens with one attached hydrogen (secondary N) is 1. The first-order chi connectivity index (χ1) is 11.9. The van der Waals surface area contributed by atoms with Gasteiger partial charge < -0.3 is 0 Å². The first kappa shape index (κ1) is 17.7. The lowest BCUT2D eigenvalue weighted by molar-refractivity contribution is 0.602. The van der Waals surface area contributed by atoms with Gasteiger partial charge in [-0.3, -0.25) is 4.72 Å². The lowest BCUT2D eigenvalue weighted by Gasteiger charge is -2.02. The predicted octanol–water partition coefficient (Wildman–Crippen LogP) is 3.82. The highest BCUT2D eigenvalue weighted by atomic mass is 35.5. The Morgan fingerprint density at radius 2 is 1.92 bits per heavy atom. The number of hydrogen-bond donors (Lipinski definition) is 1. The molecule has 1 N–H and O–H groups in total. The number of halogens is 2. The largest absolute Gasteiger partial charge is 0.259 e. The molecule has 10 heteroatoms. The van der Waals surface area contributed by atoms with E-state index in [1.807, 2.05) is 0 Å². The van der Waals surface area contributed by atoms with Crippen LogP contribution in [0.2, 0.25) is 5.28 Å². The van der Waals surface area contributed by atoms with E-state index in [4.69, 9.17) is 11.6 Å². The SMILES string of the molecule is CCS(=O)(=O)Nc1nc(-c2ccc(F)cc2)c(-c2ccnc(Cl)n2)s1. The Morgan fingerprint density at radius 1 is 1.20 bits per heavy atom. The topological polar surface area (TPSA) is 84.8 Å². The van der Waals surface area contributed by atoms with Gasteiger partial charge in [0.2, 0.25) is 15.3 Å². The molecule has 6 nitrogen and oxygen atoms in total. The van der Waals surface area contributed by atoms with Gasteiger partial charge >= 0.3 is 0 Å². The minimum Gasteiger partial charge on any atom is -0.259 e. The zero-order valence-electron chi connectivity index (χ0n) is 12.9. The van der Waals surface area contributed by atoms with Crippen LogP contribution >= 0.6 is 22.9 Å². The minimum absolute atomic E-state index is 0.0617. The third-order valence-electron chi connectivity index (χ3n) is 3.23. The number of thiazole rings is 1. The summed E-state index contributed by atoms with van der Waals surface area (Å²) in [6, 6.07) is 7.39. The maximum atomic E-state index is 13.2. The third-order valence-corrected chi connectivity index (χ3v) is 5.80. The standard InChI is InChI=1S/C15H12ClFN4O2S2/c1-2-25(22,23)21-15-20-12(9-3-5-10(17)6-4-9)13(24-15)11-7-8-18-14(16)19-11/h3-8H,2H2,1H3,(H,20,21). The predicted molar refractivity (Wildman–Crippen MR) is 96.6 cm³/mol. The van der Waals surface area contributed by atoms with Crippen LogP contribution in [0, 0.1) is 5.82 Å². The lowest BCUT2D eigenvalue weighted by Crippen LogP contribution is -2.14. The van der Waals surface area contributed by atoms with Crippen molar-refractivity contribution < 1.29 is 12.8 Å². The third kappa shape index (κ3) is 4.12. The molecule has 3 rings (SSSR count). The molecule has 2 heterocycles. The van der Waals surface area contributed by atoms with Crippen molar-refractivity contribution in [2.75, 3.05) is 10.5 Å². The quantitative estimate of drug-likeness (QED) is 0.660. The second kappa shape index (κ2) is 7.03. The van der Waals surface area contributed by atoms with Gasteiger partial charge in [0.1, 0.15) is 5.82 Å². The van der Waals surface area contributed by atoms with E-state index in [0.717, 1.165) is 11.3 Å². The van der Waals surface area contributed by atoms with Gasteiger partial charge in [0.05, 0.1) is 22.0 Å². The Bertz CT molecular complexity index is 1010. The first-order valence-electron chi connectivity index (χ1n) is 7.14. The molecule has 0 atom stereocenters. The molecule has 0 aliphatic carbocycles. The highest BCUT2D eigenvalue weighted by molar-refractivity contribution is 7.92. The summed E-state index contributed by atoms with van der Waals surface area (Å²) in [4.78, 5) is 12.9. The van der Waals surface area contributed by atoms with Crippen LogP contribution in [0.3, 0.4) is 0 Å². The Morgan fingerprint density at radius 3 is 2.56 bits per heavy atom. The van der Waals surface area contributed by atoms with Crippen molar-refractivity contribution in [3.8, 4) is 21.8 Å². The summed E-state index contributed by atoms with van der Waals surface area (Å²) in [5.41, 5.74) is 1.61. The molecule has 0 aliphatic heterocycles. The molecule has 0 aliphatic rings. The first-order valence-corrected chi connectivity index (χ1v) is 9.99. The van der Waals surface area contributed by atoms with Gasteiger partial charge in [-0.2, -0.15) is 0 Å². The van der Waals surface area contributed by atoms with Crippen molar-refractivity contribution in [2.24, 2.45) is 0 Å². The van der Waals surface area contributed by atoms with Crippen molar-refractivity contribution in [3.63, 3.8) is 0 Å². The number of nitrogens with zero attached hydrogens (tertiary/aromatic N) is 3. The number of hydrogen-bond acceptors (Lipinski definition) is 6. The smallest absolute Gasteiger partial charge is 0.234 e. The fraction of sp³-hybridized carbons (Fsp3) is 0.133. The summed E-state index contributed by atoms with van der Waals surface area (Å²) in [6.07, 6.45) is 1.49. The fourth-order valence-corrected chi connectivity index (χ4v) is 3.97. The van der Waals surface area contributed by atoms with Gasteiger partial charge in [0, 0.05) is 11.8 Å². The van der Waals surface area contributed by atoms with Crippen molar-refractivity contribution in [3.05, 3.63) is 47.6 Å². The van der Waals surface area contributed by atoms with Gasteiger partial charge in [-0.25, -0.2) is 27.8 Å². The summed E-state index contributed by atoms with van der Waals surface area (Å²) in [6.45, 7) is 1.53. The molecule has 0 amide bonds. The van der Waals surface area contributed by atoms with Crippen molar-refractivity contribution in [1.29, 1.82) is 0 Å². The van der Waals surface area contributed by atoms with E-state index >= 15 is 0 Å². The van der Waals surface area contributed by atoms with E-state index < -0.39 is 10.0 Å². The summed E-state index contributed by atoms with van der Waals surface area (Å²) in [5.74, 6) is -0.454. The maximum absolute atomic E-state index is 13.2.